The van der Waals surface area contributed by atoms with Crippen LogP contribution in [0.5, 0.6) is 11.6 Å². The highest BCUT2D eigenvalue weighted by atomic mass is 16.5. The molecule has 0 aliphatic carbocycles. The Kier molecular flexibility index (Phi) is 4.72. The molecule has 0 amide bonds. The Balaban J connectivity index is 2.14. The van der Waals surface area contributed by atoms with Gasteiger partial charge < -0.3 is 9.84 Å². The third-order valence-electron chi connectivity index (χ3n) is 3.02. The highest BCUT2D eigenvalue weighted by Crippen LogP contribution is 2.24. The van der Waals surface area contributed by atoms with E-state index in [1.807, 2.05) is 37.3 Å². The van der Waals surface area contributed by atoms with Crippen molar-refractivity contribution in [1.82, 2.24) is 4.98 Å². The van der Waals surface area contributed by atoms with Gasteiger partial charge >= 0.3 is 5.97 Å². The molecule has 0 aliphatic heterocycles. The minimum atomic E-state index is -0.982. The zero-order valence-corrected chi connectivity index (χ0v) is 12.0. The van der Waals surface area contributed by atoms with E-state index in [9.17, 15) is 4.79 Å². The van der Waals surface area contributed by atoms with E-state index in [0.717, 1.165) is 29.4 Å². The number of pyridine rings is 1. The van der Waals surface area contributed by atoms with Crippen molar-refractivity contribution in [3.63, 3.8) is 0 Å². The van der Waals surface area contributed by atoms with Crippen molar-refractivity contribution in [2.75, 3.05) is 0 Å². The fourth-order valence-electron chi connectivity index (χ4n) is 1.85. The Bertz CT molecular complexity index is 660. The lowest BCUT2D eigenvalue weighted by atomic mass is 10.2. The number of aromatic nitrogens is 1. The molecule has 1 aromatic heterocycles. The Morgan fingerprint density at radius 3 is 2.62 bits per heavy atom. The minimum absolute atomic E-state index is 0.520. The second kappa shape index (κ2) is 6.70. The smallest absolute Gasteiger partial charge is 0.328 e. The van der Waals surface area contributed by atoms with E-state index < -0.39 is 5.97 Å². The van der Waals surface area contributed by atoms with E-state index in [-0.39, 0.29) is 0 Å². The monoisotopic (exact) mass is 283 g/mol. The number of ether oxygens (including phenoxy) is 1. The van der Waals surface area contributed by atoms with Gasteiger partial charge in [0.05, 0.1) is 0 Å². The number of aryl methyl sites for hydroxylation is 2. The van der Waals surface area contributed by atoms with Crippen LogP contribution in [0.15, 0.2) is 42.6 Å². The summed E-state index contributed by atoms with van der Waals surface area (Å²) in [5.41, 5.74) is 2.83. The van der Waals surface area contributed by atoms with Gasteiger partial charge in [0.2, 0.25) is 5.88 Å². The molecule has 2 aromatic rings. The molecule has 0 atom stereocenters. The van der Waals surface area contributed by atoms with Crippen LogP contribution in [0.1, 0.15) is 23.6 Å². The highest BCUT2D eigenvalue weighted by molar-refractivity contribution is 5.85. The van der Waals surface area contributed by atoms with Gasteiger partial charge in [0.15, 0.2) is 0 Å². The normalized spacial score (nSPS) is 10.8. The molecule has 0 unspecified atom stereocenters. The Morgan fingerprint density at radius 1 is 1.33 bits per heavy atom. The fourth-order valence-corrected chi connectivity index (χ4v) is 1.85. The highest BCUT2D eigenvalue weighted by Gasteiger charge is 2.04. The number of hydrogen-bond acceptors (Lipinski definition) is 3. The van der Waals surface area contributed by atoms with Crippen LogP contribution in [0, 0.1) is 6.92 Å². The summed E-state index contributed by atoms with van der Waals surface area (Å²) < 4.78 is 5.74. The summed E-state index contributed by atoms with van der Waals surface area (Å²) >= 11 is 0. The predicted molar refractivity (Wildman–Crippen MR) is 81.5 cm³/mol. The van der Waals surface area contributed by atoms with Crippen molar-refractivity contribution in [2.45, 2.75) is 20.3 Å². The molecule has 0 fully saturated rings. The molecular weight excluding hydrogens is 266 g/mol. The van der Waals surface area contributed by atoms with Crippen LogP contribution in [0.4, 0.5) is 0 Å². The summed E-state index contributed by atoms with van der Waals surface area (Å²) in [4.78, 5) is 14.7. The topological polar surface area (TPSA) is 59.4 Å². The molecule has 0 saturated carbocycles. The summed E-state index contributed by atoms with van der Waals surface area (Å²) in [5.74, 6) is 0.271. The molecule has 1 N–H and O–H groups in total. The molecule has 2 rings (SSSR count). The summed E-state index contributed by atoms with van der Waals surface area (Å²) in [5, 5.41) is 8.60. The van der Waals surface area contributed by atoms with E-state index in [2.05, 4.69) is 11.9 Å². The molecule has 4 heteroatoms. The molecule has 0 bridgehead atoms. The molecule has 4 nitrogen and oxygen atoms in total. The average Bonchev–Trinajstić information content (AvgIpc) is 2.48. The third kappa shape index (κ3) is 4.18. The third-order valence-corrected chi connectivity index (χ3v) is 3.02. The maximum atomic E-state index is 10.5. The first-order chi connectivity index (χ1) is 10.1. The molecule has 1 aromatic carbocycles. The summed E-state index contributed by atoms with van der Waals surface area (Å²) in [6, 6.07) is 9.71. The van der Waals surface area contributed by atoms with Crippen LogP contribution in [-0.2, 0) is 11.2 Å². The first-order valence-corrected chi connectivity index (χ1v) is 6.73. The molecule has 0 spiro atoms. The lowest BCUT2D eigenvalue weighted by molar-refractivity contribution is -0.131. The summed E-state index contributed by atoms with van der Waals surface area (Å²) in [7, 11) is 0. The maximum absolute atomic E-state index is 10.5. The second-order valence-electron chi connectivity index (χ2n) is 4.66. The summed E-state index contributed by atoms with van der Waals surface area (Å²) in [6.07, 6.45) is 5.16. The van der Waals surface area contributed by atoms with Crippen LogP contribution in [0.3, 0.4) is 0 Å². The van der Waals surface area contributed by atoms with Gasteiger partial charge in [0.25, 0.3) is 0 Å². The first-order valence-electron chi connectivity index (χ1n) is 6.73. The van der Waals surface area contributed by atoms with Gasteiger partial charge in [-0.25, -0.2) is 9.78 Å². The van der Waals surface area contributed by atoms with Gasteiger partial charge in [0.1, 0.15) is 5.75 Å². The minimum Gasteiger partial charge on any atom is -0.478 e. The van der Waals surface area contributed by atoms with Crippen LogP contribution in [0.25, 0.3) is 6.08 Å². The number of carbonyl (C=O) groups is 1. The van der Waals surface area contributed by atoms with Crippen LogP contribution >= 0.6 is 0 Å². The Labute approximate surface area is 123 Å². The van der Waals surface area contributed by atoms with Gasteiger partial charge in [-0.2, -0.15) is 0 Å². The van der Waals surface area contributed by atoms with Crippen LogP contribution < -0.4 is 4.74 Å². The fraction of sp³-hybridized carbons (Fsp3) is 0.176. The number of benzene rings is 1. The summed E-state index contributed by atoms with van der Waals surface area (Å²) in [6.45, 7) is 3.98. The van der Waals surface area contributed by atoms with E-state index in [1.54, 1.807) is 6.20 Å². The van der Waals surface area contributed by atoms with Gasteiger partial charge in [-0.05, 0) is 48.7 Å². The van der Waals surface area contributed by atoms with Crippen molar-refractivity contribution in [1.29, 1.82) is 0 Å². The van der Waals surface area contributed by atoms with Crippen molar-refractivity contribution >= 4 is 12.0 Å². The Hall–Kier alpha value is -2.62. The molecule has 0 aliphatic rings. The van der Waals surface area contributed by atoms with E-state index in [1.165, 1.54) is 11.6 Å². The molecule has 1 heterocycles. The van der Waals surface area contributed by atoms with E-state index >= 15 is 0 Å². The number of carboxylic acid groups (broad SMARTS) is 1. The number of carboxylic acids is 1. The van der Waals surface area contributed by atoms with Gasteiger partial charge in [-0.15, -0.1) is 0 Å². The van der Waals surface area contributed by atoms with E-state index in [4.69, 9.17) is 9.84 Å². The molecule has 0 saturated heterocycles. The lowest BCUT2D eigenvalue weighted by Crippen LogP contribution is -1.93. The standard InChI is InChI=1S/C17H17NO3/c1-3-13-4-7-15(8-5-13)21-17-12(2)10-14(11-18-17)6-9-16(19)20/h4-11H,3H2,1-2H3,(H,19,20)/b9-6+. The maximum Gasteiger partial charge on any atom is 0.328 e. The lowest BCUT2D eigenvalue weighted by Gasteiger charge is -2.08. The molecule has 0 radical (unpaired) electrons. The molecule has 108 valence electrons. The zero-order chi connectivity index (χ0) is 15.2. The van der Waals surface area contributed by atoms with Crippen molar-refractivity contribution in [3.05, 3.63) is 59.3 Å². The van der Waals surface area contributed by atoms with Gasteiger partial charge in [0, 0.05) is 17.8 Å². The Morgan fingerprint density at radius 2 is 2.05 bits per heavy atom. The predicted octanol–water partition coefficient (Wildman–Crippen LogP) is 3.84. The molecular formula is C17H17NO3. The number of hydrogen-bond donors (Lipinski definition) is 1. The number of nitrogens with zero attached hydrogens (tertiary/aromatic N) is 1. The largest absolute Gasteiger partial charge is 0.478 e. The van der Waals surface area contributed by atoms with Gasteiger partial charge in [-0.1, -0.05) is 19.1 Å². The molecule has 21 heavy (non-hydrogen) atoms. The second-order valence-corrected chi connectivity index (χ2v) is 4.66. The zero-order valence-electron chi connectivity index (χ0n) is 12.0. The van der Waals surface area contributed by atoms with Crippen molar-refractivity contribution in [3.8, 4) is 11.6 Å². The number of aliphatic carboxylic acids is 1. The SMILES string of the molecule is CCc1ccc(Oc2ncc(/C=C/C(=O)O)cc2C)cc1. The van der Waals surface area contributed by atoms with Crippen LogP contribution in [-0.4, -0.2) is 16.1 Å². The van der Waals surface area contributed by atoms with Crippen LogP contribution in [0.2, 0.25) is 0 Å². The van der Waals surface area contributed by atoms with E-state index in [0.29, 0.717) is 5.88 Å². The van der Waals surface area contributed by atoms with Crippen molar-refractivity contribution in [2.24, 2.45) is 0 Å². The van der Waals surface area contributed by atoms with Crippen molar-refractivity contribution < 1.29 is 14.6 Å². The first kappa shape index (κ1) is 14.8. The average molecular weight is 283 g/mol. The van der Waals surface area contributed by atoms with Gasteiger partial charge in [-0.3, -0.25) is 0 Å². The number of rotatable bonds is 5. The quantitative estimate of drug-likeness (QED) is 0.847.